The van der Waals surface area contributed by atoms with Crippen LogP contribution in [-0.4, -0.2) is 12.4 Å². The summed E-state index contributed by atoms with van der Waals surface area (Å²) in [6.45, 7) is 4.13. The first-order valence-corrected chi connectivity index (χ1v) is 4.09. The molecule has 0 aliphatic rings. The summed E-state index contributed by atoms with van der Waals surface area (Å²) in [6, 6.07) is 6.03. The Morgan fingerprint density at radius 3 is 2.69 bits per heavy atom. The van der Waals surface area contributed by atoms with E-state index in [9.17, 15) is 0 Å². The average Bonchev–Trinajstić information content (AvgIpc) is 2.12. The molecule has 68 valence electrons. The molecule has 3 nitrogen and oxygen atoms in total. The van der Waals surface area contributed by atoms with E-state index in [0.29, 0.717) is 0 Å². The number of rotatable bonds is 3. The van der Waals surface area contributed by atoms with E-state index in [-0.39, 0.29) is 0 Å². The molecular weight excluding hydrogens is 162 g/mol. The van der Waals surface area contributed by atoms with Gasteiger partial charge in [0.1, 0.15) is 0 Å². The number of nitrogens with zero attached hydrogens (tertiary/aromatic N) is 1. The standard InChI is InChI=1S/C10H13N3/c1-8-3-4-10(7-9(8)2)13-12-6-5-11/h3-7,11,13H,1-2H3/b11-5?,12-6-. The van der Waals surface area contributed by atoms with Crippen molar-refractivity contribution in [2.24, 2.45) is 5.10 Å². The van der Waals surface area contributed by atoms with Crippen molar-refractivity contribution in [3.8, 4) is 0 Å². The largest absolute Gasteiger partial charge is 0.307 e. The van der Waals surface area contributed by atoms with E-state index in [2.05, 4.69) is 24.4 Å². The summed E-state index contributed by atoms with van der Waals surface area (Å²) in [6.07, 6.45) is 2.53. The number of hydrazone groups is 1. The number of anilines is 1. The SMILES string of the molecule is Cc1ccc(N/N=C\C=N)cc1C. The molecule has 13 heavy (non-hydrogen) atoms. The Bertz CT molecular complexity index is 329. The molecule has 3 heteroatoms. The van der Waals surface area contributed by atoms with Crippen molar-refractivity contribution in [1.29, 1.82) is 5.41 Å². The van der Waals surface area contributed by atoms with Gasteiger partial charge in [0.15, 0.2) is 0 Å². The molecule has 0 unspecified atom stereocenters. The maximum absolute atomic E-state index is 6.73. The Morgan fingerprint density at radius 2 is 2.08 bits per heavy atom. The average molecular weight is 175 g/mol. The normalized spacial score (nSPS) is 10.3. The summed E-state index contributed by atoms with van der Waals surface area (Å²) >= 11 is 0. The van der Waals surface area contributed by atoms with Crippen molar-refractivity contribution < 1.29 is 0 Å². The van der Waals surface area contributed by atoms with Crippen LogP contribution in [-0.2, 0) is 0 Å². The van der Waals surface area contributed by atoms with Crippen LogP contribution in [0.15, 0.2) is 23.3 Å². The van der Waals surface area contributed by atoms with Crippen LogP contribution in [0.2, 0.25) is 0 Å². The van der Waals surface area contributed by atoms with Crippen LogP contribution >= 0.6 is 0 Å². The summed E-state index contributed by atoms with van der Waals surface area (Å²) in [4.78, 5) is 0. The van der Waals surface area contributed by atoms with E-state index >= 15 is 0 Å². The van der Waals surface area contributed by atoms with Gasteiger partial charge in [-0.3, -0.25) is 5.43 Å². The van der Waals surface area contributed by atoms with Crippen LogP contribution < -0.4 is 5.43 Å². The Kier molecular flexibility index (Phi) is 3.20. The Labute approximate surface area is 78.0 Å². The van der Waals surface area contributed by atoms with Crippen LogP contribution in [0, 0.1) is 19.3 Å². The fraction of sp³-hybridized carbons (Fsp3) is 0.200. The summed E-state index contributed by atoms with van der Waals surface area (Å²) in [5.41, 5.74) is 6.27. The predicted octanol–water partition coefficient (Wildman–Crippen LogP) is 2.35. The Morgan fingerprint density at radius 1 is 1.31 bits per heavy atom. The third kappa shape index (κ3) is 2.71. The molecule has 1 rings (SSSR count). The highest BCUT2D eigenvalue weighted by Crippen LogP contribution is 2.13. The Hall–Kier alpha value is -1.64. The molecule has 0 amide bonds. The molecule has 2 N–H and O–H groups in total. The molecule has 0 heterocycles. The van der Waals surface area contributed by atoms with Crippen molar-refractivity contribution in [2.75, 3.05) is 5.43 Å². The van der Waals surface area contributed by atoms with E-state index in [1.165, 1.54) is 17.3 Å². The molecule has 0 aliphatic heterocycles. The highest BCUT2D eigenvalue weighted by molar-refractivity contribution is 6.14. The molecule has 0 atom stereocenters. The Balaban J connectivity index is 2.73. The van der Waals surface area contributed by atoms with Gasteiger partial charge in [0, 0.05) is 6.21 Å². The van der Waals surface area contributed by atoms with Crippen LogP contribution in [0.3, 0.4) is 0 Å². The number of hydrogen-bond acceptors (Lipinski definition) is 3. The third-order valence-electron chi connectivity index (χ3n) is 1.85. The van der Waals surface area contributed by atoms with Crippen molar-refractivity contribution in [3.05, 3.63) is 29.3 Å². The first-order chi connectivity index (χ1) is 6.24. The number of nitrogens with one attached hydrogen (secondary N) is 2. The highest BCUT2D eigenvalue weighted by atomic mass is 15.3. The lowest BCUT2D eigenvalue weighted by Crippen LogP contribution is -1.91. The summed E-state index contributed by atoms with van der Waals surface area (Å²) < 4.78 is 0. The number of aryl methyl sites for hydroxylation is 2. The lowest BCUT2D eigenvalue weighted by atomic mass is 10.1. The second kappa shape index (κ2) is 4.40. The van der Waals surface area contributed by atoms with Crippen molar-refractivity contribution in [1.82, 2.24) is 0 Å². The molecule has 0 fully saturated rings. The zero-order chi connectivity index (χ0) is 9.68. The van der Waals surface area contributed by atoms with Crippen LogP contribution in [0.1, 0.15) is 11.1 Å². The zero-order valence-corrected chi connectivity index (χ0v) is 7.83. The molecule has 0 aliphatic carbocycles. The maximum Gasteiger partial charge on any atom is 0.0648 e. The van der Waals surface area contributed by atoms with Crippen LogP contribution in [0.5, 0.6) is 0 Å². The van der Waals surface area contributed by atoms with Crippen molar-refractivity contribution in [3.63, 3.8) is 0 Å². The summed E-state index contributed by atoms with van der Waals surface area (Å²) in [7, 11) is 0. The minimum Gasteiger partial charge on any atom is -0.307 e. The molecule has 1 aromatic rings. The first-order valence-electron chi connectivity index (χ1n) is 4.09. The second-order valence-electron chi connectivity index (χ2n) is 2.86. The summed E-state index contributed by atoms with van der Waals surface area (Å²) in [5.74, 6) is 0. The van der Waals surface area contributed by atoms with Crippen LogP contribution in [0.25, 0.3) is 0 Å². The molecule has 0 saturated carbocycles. The fourth-order valence-corrected chi connectivity index (χ4v) is 0.960. The van der Waals surface area contributed by atoms with Gasteiger partial charge in [-0.25, -0.2) is 0 Å². The second-order valence-corrected chi connectivity index (χ2v) is 2.86. The van der Waals surface area contributed by atoms with Gasteiger partial charge in [-0.2, -0.15) is 5.10 Å². The van der Waals surface area contributed by atoms with Gasteiger partial charge in [0.2, 0.25) is 0 Å². The quantitative estimate of drug-likeness (QED) is 0.537. The minimum atomic E-state index is 0.946. The van der Waals surface area contributed by atoms with E-state index in [1.807, 2.05) is 18.2 Å². The zero-order valence-electron chi connectivity index (χ0n) is 7.83. The maximum atomic E-state index is 6.73. The van der Waals surface area contributed by atoms with Gasteiger partial charge in [-0.15, -0.1) is 0 Å². The summed E-state index contributed by atoms with van der Waals surface area (Å²) in [5, 5.41) is 10.5. The van der Waals surface area contributed by atoms with Gasteiger partial charge < -0.3 is 5.41 Å². The molecule has 0 aromatic heterocycles. The van der Waals surface area contributed by atoms with E-state index in [4.69, 9.17) is 5.41 Å². The molecule has 0 bridgehead atoms. The van der Waals surface area contributed by atoms with E-state index in [1.54, 1.807) is 0 Å². The molecule has 0 spiro atoms. The lowest BCUT2D eigenvalue weighted by molar-refractivity contribution is 1.30. The molecule has 0 radical (unpaired) electrons. The van der Waals surface area contributed by atoms with E-state index in [0.717, 1.165) is 11.9 Å². The van der Waals surface area contributed by atoms with Gasteiger partial charge >= 0.3 is 0 Å². The lowest BCUT2D eigenvalue weighted by Gasteiger charge is -2.03. The minimum absolute atomic E-state index is 0.946. The monoisotopic (exact) mass is 175 g/mol. The van der Waals surface area contributed by atoms with Gasteiger partial charge in [-0.1, -0.05) is 6.07 Å². The van der Waals surface area contributed by atoms with Gasteiger partial charge in [0.25, 0.3) is 0 Å². The highest BCUT2D eigenvalue weighted by Gasteiger charge is 1.93. The smallest absolute Gasteiger partial charge is 0.0648 e. The van der Waals surface area contributed by atoms with Crippen molar-refractivity contribution >= 4 is 18.1 Å². The number of benzene rings is 1. The predicted molar refractivity (Wildman–Crippen MR) is 56.8 cm³/mol. The van der Waals surface area contributed by atoms with Crippen LogP contribution in [0.4, 0.5) is 5.69 Å². The van der Waals surface area contributed by atoms with Gasteiger partial charge in [-0.05, 0) is 37.1 Å². The fourth-order valence-electron chi connectivity index (χ4n) is 0.960. The third-order valence-corrected chi connectivity index (χ3v) is 1.85. The number of hydrogen-bond donors (Lipinski definition) is 2. The molecule has 0 saturated heterocycles. The van der Waals surface area contributed by atoms with E-state index < -0.39 is 0 Å². The topological polar surface area (TPSA) is 48.2 Å². The molecule has 1 aromatic carbocycles. The van der Waals surface area contributed by atoms with Crippen molar-refractivity contribution in [2.45, 2.75) is 13.8 Å². The molecular formula is C10H13N3. The first kappa shape index (κ1) is 9.45. The van der Waals surface area contributed by atoms with Gasteiger partial charge in [0.05, 0.1) is 11.9 Å².